The minimum Gasteiger partial charge on any atom is -0.463 e. The van der Waals surface area contributed by atoms with Crippen molar-refractivity contribution >= 4 is 29.2 Å². The Labute approximate surface area is 214 Å². The summed E-state index contributed by atoms with van der Waals surface area (Å²) in [7, 11) is 0. The van der Waals surface area contributed by atoms with E-state index in [1.807, 2.05) is 23.8 Å². The van der Waals surface area contributed by atoms with Crippen LogP contribution in [0.25, 0.3) is 0 Å². The van der Waals surface area contributed by atoms with Gasteiger partial charge in [-0.15, -0.1) is 0 Å². The van der Waals surface area contributed by atoms with Crippen LogP contribution in [0.5, 0.6) is 0 Å². The Hall–Kier alpha value is -3.24. The second-order valence-corrected chi connectivity index (χ2v) is 9.48. The highest BCUT2D eigenvalue weighted by atomic mass is 32.1. The molecule has 1 fully saturated rings. The fourth-order valence-electron chi connectivity index (χ4n) is 4.69. The summed E-state index contributed by atoms with van der Waals surface area (Å²) in [6.07, 6.45) is 0.718. The highest BCUT2D eigenvalue weighted by Crippen LogP contribution is 2.33. The predicted octanol–water partition coefficient (Wildman–Crippen LogP) is 3.64. The number of nitrogens with one attached hydrogen (secondary N) is 1. The summed E-state index contributed by atoms with van der Waals surface area (Å²) in [5.74, 6) is -1.08. The van der Waals surface area contributed by atoms with Gasteiger partial charge in [0.25, 0.3) is 5.91 Å². The molecule has 1 N–H and O–H groups in total. The number of thiophene rings is 1. The van der Waals surface area contributed by atoms with Crippen molar-refractivity contribution in [1.82, 2.24) is 20.0 Å². The monoisotopic (exact) mass is 514 g/mol. The molecule has 1 aromatic heterocycles. The Morgan fingerprint density at radius 1 is 1.17 bits per heavy atom. The standard InChI is InChI=1S/C26H31FN4O4S/c1-3-31-21(22(25(33)35-4-2)23(28-26(31)34)19-9-14-36-17-19)16-29-10-6-11-30(13-12-29)24(32)18-7-5-8-20(27)15-18/h5,7-9,14-15,17,23H,3-4,6,10-13,16H2,1-2H3,(H,28,34). The van der Waals surface area contributed by atoms with Crippen molar-refractivity contribution in [3.63, 3.8) is 0 Å². The Bertz CT molecular complexity index is 1140. The van der Waals surface area contributed by atoms with Crippen molar-refractivity contribution in [2.75, 3.05) is 45.9 Å². The van der Waals surface area contributed by atoms with Gasteiger partial charge in [-0.1, -0.05) is 6.07 Å². The Kier molecular flexibility index (Phi) is 8.37. The van der Waals surface area contributed by atoms with Crippen LogP contribution in [-0.4, -0.2) is 78.5 Å². The lowest BCUT2D eigenvalue weighted by Crippen LogP contribution is -2.51. The Balaban J connectivity index is 1.59. The molecule has 3 heterocycles. The molecule has 1 aromatic carbocycles. The molecule has 2 aromatic rings. The van der Waals surface area contributed by atoms with Crippen LogP contribution in [0.4, 0.5) is 9.18 Å². The van der Waals surface area contributed by atoms with E-state index in [0.717, 1.165) is 12.0 Å². The van der Waals surface area contributed by atoms with Gasteiger partial charge in [-0.3, -0.25) is 14.6 Å². The molecule has 3 amide bonds. The van der Waals surface area contributed by atoms with Crippen LogP contribution in [0, 0.1) is 5.82 Å². The molecule has 0 spiro atoms. The predicted molar refractivity (Wildman–Crippen MR) is 135 cm³/mol. The molecular weight excluding hydrogens is 483 g/mol. The van der Waals surface area contributed by atoms with Crippen molar-refractivity contribution < 1.29 is 23.5 Å². The number of rotatable bonds is 7. The summed E-state index contributed by atoms with van der Waals surface area (Å²) in [5, 5.41) is 6.80. The van der Waals surface area contributed by atoms with Crippen LogP contribution < -0.4 is 5.32 Å². The molecule has 1 saturated heterocycles. The first-order valence-corrected chi connectivity index (χ1v) is 13.1. The molecule has 4 rings (SSSR count). The zero-order valence-electron chi connectivity index (χ0n) is 20.5. The van der Waals surface area contributed by atoms with Gasteiger partial charge in [-0.25, -0.2) is 14.0 Å². The lowest BCUT2D eigenvalue weighted by molar-refractivity contribution is -0.139. The van der Waals surface area contributed by atoms with Crippen molar-refractivity contribution in [3.8, 4) is 0 Å². The maximum atomic E-state index is 13.6. The van der Waals surface area contributed by atoms with E-state index in [-0.39, 0.29) is 18.5 Å². The first kappa shape index (κ1) is 25.8. The average Bonchev–Trinajstić information content (AvgIpc) is 3.30. The quantitative estimate of drug-likeness (QED) is 0.571. The molecule has 36 heavy (non-hydrogen) atoms. The smallest absolute Gasteiger partial charge is 0.338 e. The molecular formula is C26H31FN4O4S. The fourth-order valence-corrected chi connectivity index (χ4v) is 5.38. The molecule has 0 bridgehead atoms. The van der Waals surface area contributed by atoms with Crippen molar-refractivity contribution in [3.05, 3.63) is 69.3 Å². The van der Waals surface area contributed by atoms with E-state index >= 15 is 0 Å². The van der Waals surface area contributed by atoms with E-state index in [4.69, 9.17) is 4.74 Å². The summed E-state index contributed by atoms with van der Waals surface area (Å²) < 4.78 is 19.0. The second-order valence-electron chi connectivity index (χ2n) is 8.70. The first-order chi connectivity index (χ1) is 17.4. The largest absolute Gasteiger partial charge is 0.463 e. The van der Waals surface area contributed by atoms with E-state index in [2.05, 4.69) is 10.2 Å². The number of urea groups is 1. The summed E-state index contributed by atoms with van der Waals surface area (Å²) in [5.41, 5.74) is 2.23. The van der Waals surface area contributed by atoms with Crippen LogP contribution in [0.1, 0.15) is 42.2 Å². The SMILES string of the molecule is CCOC(=O)C1=C(CN2CCCN(C(=O)c3cccc(F)c3)CC2)N(CC)C(=O)NC1c1ccsc1. The lowest BCUT2D eigenvalue weighted by atomic mass is 9.96. The molecule has 192 valence electrons. The fraction of sp³-hybridized carbons (Fsp3) is 0.423. The zero-order valence-corrected chi connectivity index (χ0v) is 21.4. The van der Waals surface area contributed by atoms with Gasteiger partial charge >= 0.3 is 12.0 Å². The summed E-state index contributed by atoms with van der Waals surface area (Å²) in [6.45, 7) is 6.89. The molecule has 2 aliphatic heterocycles. The van der Waals surface area contributed by atoms with Crippen LogP contribution in [0.2, 0.25) is 0 Å². The number of nitrogens with zero attached hydrogens (tertiary/aromatic N) is 3. The highest BCUT2D eigenvalue weighted by molar-refractivity contribution is 7.08. The van der Waals surface area contributed by atoms with Gasteiger partial charge < -0.3 is 15.0 Å². The number of amides is 3. The van der Waals surface area contributed by atoms with Crippen molar-refractivity contribution in [2.24, 2.45) is 0 Å². The maximum Gasteiger partial charge on any atom is 0.338 e. The van der Waals surface area contributed by atoms with Gasteiger partial charge in [0, 0.05) is 50.5 Å². The number of esters is 1. The topological polar surface area (TPSA) is 82.2 Å². The molecule has 8 nitrogen and oxygen atoms in total. The Morgan fingerprint density at radius 2 is 2.00 bits per heavy atom. The third-order valence-electron chi connectivity index (χ3n) is 6.45. The van der Waals surface area contributed by atoms with Crippen molar-refractivity contribution in [1.29, 1.82) is 0 Å². The summed E-state index contributed by atoms with van der Waals surface area (Å²) in [6, 6.07) is 6.79. The number of halogens is 1. The lowest BCUT2D eigenvalue weighted by Gasteiger charge is -2.37. The van der Waals surface area contributed by atoms with Crippen LogP contribution in [-0.2, 0) is 9.53 Å². The average molecular weight is 515 g/mol. The molecule has 0 saturated carbocycles. The maximum absolute atomic E-state index is 13.6. The molecule has 1 unspecified atom stereocenters. The zero-order chi connectivity index (χ0) is 25.7. The number of hydrogen-bond donors (Lipinski definition) is 1. The molecule has 0 aliphatic carbocycles. The van der Waals surface area contributed by atoms with Gasteiger partial charge in [-0.2, -0.15) is 11.3 Å². The van der Waals surface area contributed by atoms with E-state index < -0.39 is 17.8 Å². The van der Waals surface area contributed by atoms with Crippen LogP contribution in [0.3, 0.4) is 0 Å². The molecule has 10 heteroatoms. The van der Waals surface area contributed by atoms with E-state index in [9.17, 15) is 18.8 Å². The number of likely N-dealkylation sites (N-methyl/N-ethyl adjacent to an activating group) is 1. The van der Waals surface area contributed by atoms with Gasteiger partial charge in [0.1, 0.15) is 5.82 Å². The number of ether oxygens (including phenoxy) is 1. The van der Waals surface area contributed by atoms with Gasteiger partial charge in [0.05, 0.1) is 18.2 Å². The number of carbonyl (C=O) groups is 3. The molecule has 0 radical (unpaired) electrons. The Morgan fingerprint density at radius 3 is 2.69 bits per heavy atom. The first-order valence-electron chi connectivity index (χ1n) is 12.2. The van der Waals surface area contributed by atoms with Gasteiger partial charge in [0.15, 0.2) is 0 Å². The van der Waals surface area contributed by atoms with E-state index in [1.165, 1.54) is 29.5 Å². The van der Waals surface area contributed by atoms with E-state index in [1.54, 1.807) is 22.8 Å². The van der Waals surface area contributed by atoms with Gasteiger partial charge in [-0.05, 0) is 60.9 Å². The van der Waals surface area contributed by atoms with Gasteiger partial charge in [0.2, 0.25) is 0 Å². The van der Waals surface area contributed by atoms with Crippen molar-refractivity contribution in [2.45, 2.75) is 26.3 Å². The summed E-state index contributed by atoms with van der Waals surface area (Å²) in [4.78, 5) is 44.6. The number of hydrogen-bond acceptors (Lipinski definition) is 6. The molecule has 1 atom stereocenters. The normalized spacial score (nSPS) is 19.2. The third kappa shape index (κ3) is 5.60. The highest BCUT2D eigenvalue weighted by Gasteiger charge is 2.38. The van der Waals surface area contributed by atoms with Crippen LogP contribution in [0.15, 0.2) is 52.4 Å². The minimum absolute atomic E-state index is 0.201. The minimum atomic E-state index is -0.585. The molecule has 2 aliphatic rings. The number of carbonyl (C=O) groups excluding carboxylic acids is 3. The number of benzene rings is 1. The van der Waals surface area contributed by atoms with E-state index in [0.29, 0.717) is 56.1 Å². The third-order valence-corrected chi connectivity index (χ3v) is 7.15. The second kappa shape index (κ2) is 11.7. The summed E-state index contributed by atoms with van der Waals surface area (Å²) >= 11 is 1.50. The van der Waals surface area contributed by atoms with Crippen LogP contribution >= 0.6 is 11.3 Å².